The largest absolute Gasteiger partial charge is 0.471 e. The summed E-state index contributed by atoms with van der Waals surface area (Å²) in [6.45, 7) is 5.45. The van der Waals surface area contributed by atoms with Gasteiger partial charge in [-0.15, -0.1) is 0 Å². The van der Waals surface area contributed by atoms with Gasteiger partial charge < -0.3 is 14.8 Å². The normalized spacial score (nSPS) is 11.2. The van der Waals surface area contributed by atoms with Crippen LogP contribution in [0.1, 0.15) is 32.7 Å². The van der Waals surface area contributed by atoms with Crippen LogP contribution in [0, 0.1) is 30.9 Å². The van der Waals surface area contributed by atoms with Crippen LogP contribution in [-0.4, -0.2) is 20.6 Å². The lowest BCUT2D eigenvalue weighted by Gasteiger charge is -2.13. The topological polar surface area (TPSA) is 109 Å². The Morgan fingerprint density at radius 1 is 1.05 bits per heavy atom. The first-order chi connectivity index (χ1) is 18.4. The number of anilines is 1. The highest BCUT2D eigenvalue weighted by molar-refractivity contribution is 6.03. The predicted octanol–water partition coefficient (Wildman–Crippen LogP) is 6.82. The van der Waals surface area contributed by atoms with Crippen LogP contribution in [0.4, 0.5) is 24.5 Å². The minimum Gasteiger partial charge on any atom is -0.471 e. The Labute approximate surface area is 220 Å². The number of nitrogens with zero attached hydrogens (tertiary/aromatic N) is 3. The van der Waals surface area contributed by atoms with Gasteiger partial charge in [-0.05, 0) is 67.8 Å². The zero-order chi connectivity index (χ0) is 28.3. The van der Waals surface area contributed by atoms with E-state index in [2.05, 4.69) is 10.4 Å². The zero-order valence-corrected chi connectivity index (χ0v) is 21.1. The molecule has 0 saturated carbocycles. The molecule has 0 aliphatic heterocycles. The molecule has 39 heavy (non-hydrogen) atoms. The van der Waals surface area contributed by atoms with Crippen molar-refractivity contribution in [2.75, 3.05) is 5.32 Å². The first kappa shape index (κ1) is 27.2. The third kappa shape index (κ3) is 6.72. The first-order valence-electron chi connectivity index (χ1n) is 11.6. The number of hydrogen-bond acceptors (Lipinski definition) is 6. The Morgan fingerprint density at radius 3 is 2.54 bits per heavy atom. The summed E-state index contributed by atoms with van der Waals surface area (Å²) in [4.78, 5) is 23.7. The first-order valence-corrected chi connectivity index (χ1v) is 11.6. The second kappa shape index (κ2) is 10.9. The van der Waals surface area contributed by atoms with Crippen molar-refractivity contribution in [1.82, 2.24) is 9.78 Å². The van der Waals surface area contributed by atoms with Crippen LogP contribution < -0.4 is 14.8 Å². The number of aryl methyl sites for hydroxylation is 2. The molecular formula is C27H23F3N4O5. The molecule has 0 fully saturated rings. The number of hydrogen-bond donors (Lipinski definition) is 1. The molecule has 0 radical (unpaired) electrons. The van der Waals surface area contributed by atoms with Gasteiger partial charge in [-0.3, -0.25) is 14.9 Å². The Morgan fingerprint density at radius 2 is 1.82 bits per heavy atom. The molecule has 0 bridgehead atoms. The van der Waals surface area contributed by atoms with Crippen LogP contribution >= 0.6 is 0 Å². The lowest BCUT2D eigenvalue weighted by Crippen LogP contribution is -2.14. The van der Waals surface area contributed by atoms with Crippen LogP contribution in [0.25, 0.3) is 0 Å². The Hall–Kier alpha value is -4.87. The molecule has 4 aromatic rings. The Kier molecular flexibility index (Phi) is 7.56. The van der Waals surface area contributed by atoms with E-state index in [1.54, 1.807) is 0 Å². The SMILES string of the molecule is Cc1cc(C)c(C)c(Oc2cc(NC(=O)c3ccn(COc4cccc(C(F)(F)F)c4)n3)cc([N+](=O)[O-])c2)c1. The number of nitrogens with one attached hydrogen (secondary N) is 1. The molecule has 1 heterocycles. The van der Waals surface area contributed by atoms with Gasteiger partial charge >= 0.3 is 6.18 Å². The van der Waals surface area contributed by atoms with Gasteiger partial charge in [0, 0.05) is 18.3 Å². The van der Waals surface area contributed by atoms with E-state index >= 15 is 0 Å². The summed E-state index contributed by atoms with van der Waals surface area (Å²) in [6.07, 6.45) is -3.10. The average Bonchev–Trinajstić information content (AvgIpc) is 3.35. The highest BCUT2D eigenvalue weighted by atomic mass is 19.4. The summed E-state index contributed by atoms with van der Waals surface area (Å²) in [7, 11) is 0. The molecule has 0 aliphatic carbocycles. The summed E-state index contributed by atoms with van der Waals surface area (Å²) >= 11 is 0. The number of alkyl halides is 3. The van der Waals surface area contributed by atoms with Gasteiger partial charge in [0.15, 0.2) is 12.4 Å². The molecular weight excluding hydrogens is 517 g/mol. The fraction of sp³-hybridized carbons (Fsp3) is 0.185. The fourth-order valence-electron chi connectivity index (χ4n) is 3.71. The Balaban J connectivity index is 1.48. The van der Waals surface area contributed by atoms with Crippen molar-refractivity contribution < 1.29 is 32.4 Å². The average molecular weight is 540 g/mol. The number of carbonyl (C=O) groups is 1. The number of nitro groups is 1. The number of ether oxygens (including phenoxy) is 2. The number of halogens is 3. The molecule has 0 saturated heterocycles. The molecule has 0 aliphatic rings. The number of carbonyl (C=O) groups excluding carboxylic acids is 1. The summed E-state index contributed by atoms with van der Waals surface area (Å²) in [5.41, 5.74) is 1.76. The monoisotopic (exact) mass is 540 g/mol. The van der Waals surface area contributed by atoms with E-state index < -0.39 is 22.6 Å². The van der Waals surface area contributed by atoms with Crippen molar-refractivity contribution in [1.29, 1.82) is 0 Å². The second-order valence-electron chi connectivity index (χ2n) is 8.77. The molecule has 0 atom stereocenters. The third-order valence-electron chi connectivity index (χ3n) is 5.75. The molecule has 3 aromatic carbocycles. The standard InChI is InChI=1S/C27H23F3N4O5/c1-16-9-17(2)18(3)25(10-16)39-23-13-20(12-21(14-23)34(36)37)31-26(35)24-7-8-33(32-24)15-38-22-6-4-5-19(11-22)27(28,29)30/h4-14H,15H2,1-3H3,(H,31,35). The molecule has 0 spiro atoms. The van der Waals surface area contributed by atoms with Crippen LogP contribution in [-0.2, 0) is 12.9 Å². The van der Waals surface area contributed by atoms with Crippen LogP contribution in [0.2, 0.25) is 0 Å². The highest BCUT2D eigenvalue weighted by Crippen LogP contribution is 2.33. The van der Waals surface area contributed by atoms with Crippen molar-refractivity contribution in [3.8, 4) is 17.2 Å². The van der Waals surface area contributed by atoms with Gasteiger partial charge in [-0.25, -0.2) is 4.68 Å². The van der Waals surface area contributed by atoms with Crippen molar-refractivity contribution in [3.05, 3.63) is 105 Å². The van der Waals surface area contributed by atoms with Crippen LogP contribution in [0.3, 0.4) is 0 Å². The molecule has 4 rings (SSSR count). The highest BCUT2D eigenvalue weighted by Gasteiger charge is 2.30. The van der Waals surface area contributed by atoms with E-state index in [0.717, 1.165) is 28.8 Å². The van der Waals surface area contributed by atoms with Crippen LogP contribution in [0.5, 0.6) is 17.2 Å². The number of nitro benzene ring substituents is 1. The molecule has 1 amide bonds. The maximum absolute atomic E-state index is 12.9. The lowest BCUT2D eigenvalue weighted by atomic mass is 10.1. The minimum absolute atomic E-state index is 0.0190. The molecule has 1 N–H and O–H groups in total. The number of benzene rings is 3. The van der Waals surface area contributed by atoms with Crippen molar-refractivity contribution in [3.63, 3.8) is 0 Å². The fourth-order valence-corrected chi connectivity index (χ4v) is 3.71. The predicted molar refractivity (Wildman–Crippen MR) is 136 cm³/mol. The van der Waals surface area contributed by atoms with Crippen molar-refractivity contribution in [2.45, 2.75) is 33.7 Å². The van der Waals surface area contributed by atoms with E-state index in [1.165, 1.54) is 47.3 Å². The quantitative estimate of drug-likeness (QED) is 0.194. The number of amides is 1. The van der Waals surface area contributed by atoms with Gasteiger partial charge in [0.25, 0.3) is 11.6 Å². The molecule has 9 nitrogen and oxygen atoms in total. The maximum atomic E-state index is 12.9. The van der Waals surface area contributed by atoms with E-state index in [9.17, 15) is 28.1 Å². The smallest absolute Gasteiger partial charge is 0.416 e. The molecule has 202 valence electrons. The van der Waals surface area contributed by atoms with Gasteiger partial charge in [0.05, 0.1) is 22.2 Å². The number of aromatic nitrogens is 2. The van der Waals surface area contributed by atoms with E-state index in [1.807, 2.05) is 32.9 Å². The van der Waals surface area contributed by atoms with E-state index in [0.29, 0.717) is 5.75 Å². The number of rotatable bonds is 8. The molecule has 1 aromatic heterocycles. The summed E-state index contributed by atoms with van der Waals surface area (Å²) in [5.74, 6) is 0.00810. The van der Waals surface area contributed by atoms with E-state index in [-0.39, 0.29) is 35.3 Å². The Bertz CT molecular complexity index is 1550. The zero-order valence-electron chi connectivity index (χ0n) is 21.1. The van der Waals surface area contributed by atoms with Crippen molar-refractivity contribution in [2.24, 2.45) is 0 Å². The summed E-state index contributed by atoms with van der Waals surface area (Å²) in [5, 5.41) is 18.1. The summed E-state index contributed by atoms with van der Waals surface area (Å²) in [6, 6.07) is 13.5. The second-order valence-corrected chi connectivity index (χ2v) is 8.77. The molecule has 0 unspecified atom stereocenters. The van der Waals surface area contributed by atoms with Gasteiger partial charge in [-0.2, -0.15) is 18.3 Å². The van der Waals surface area contributed by atoms with Gasteiger partial charge in [-0.1, -0.05) is 12.1 Å². The lowest BCUT2D eigenvalue weighted by molar-refractivity contribution is -0.384. The third-order valence-corrected chi connectivity index (χ3v) is 5.75. The molecule has 12 heteroatoms. The summed E-state index contributed by atoms with van der Waals surface area (Å²) < 4.78 is 51.2. The van der Waals surface area contributed by atoms with Gasteiger partial charge in [0.2, 0.25) is 0 Å². The minimum atomic E-state index is -4.51. The van der Waals surface area contributed by atoms with Crippen molar-refractivity contribution >= 4 is 17.3 Å². The number of non-ortho nitro benzene ring substituents is 1. The van der Waals surface area contributed by atoms with E-state index in [4.69, 9.17) is 9.47 Å². The maximum Gasteiger partial charge on any atom is 0.416 e. The van der Waals surface area contributed by atoms with Crippen LogP contribution in [0.15, 0.2) is 66.9 Å². The van der Waals surface area contributed by atoms with Gasteiger partial charge in [0.1, 0.15) is 17.2 Å².